The highest BCUT2D eigenvalue weighted by Gasteiger charge is 2.22. The molecule has 138 valence electrons. The van der Waals surface area contributed by atoms with Crippen LogP contribution < -0.4 is 10.1 Å². The van der Waals surface area contributed by atoms with Gasteiger partial charge in [0.1, 0.15) is 5.75 Å². The quantitative estimate of drug-likeness (QED) is 0.636. The maximum atomic E-state index is 9.75. The summed E-state index contributed by atoms with van der Waals surface area (Å²) < 4.78 is 6.16. The molecular formula is C20H31N3O2. The lowest BCUT2D eigenvalue weighted by atomic mass is 9.98. The fourth-order valence-corrected chi connectivity index (χ4v) is 3.62. The van der Waals surface area contributed by atoms with Crippen LogP contribution in [0.4, 0.5) is 0 Å². The Hall–Kier alpha value is -1.75. The van der Waals surface area contributed by atoms with Crippen LogP contribution in [0, 0.1) is 0 Å². The minimum Gasteiger partial charge on any atom is -0.490 e. The molecule has 25 heavy (non-hydrogen) atoms. The van der Waals surface area contributed by atoms with E-state index in [1.165, 1.54) is 32.1 Å². The third-order valence-corrected chi connectivity index (χ3v) is 4.96. The van der Waals surface area contributed by atoms with Crippen molar-refractivity contribution >= 4 is 5.96 Å². The summed E-state index contributed by atoms with van der Waals surface area (Å²) in [6, 6.07) is 8.31. The minimum absolute atomic E-state index is 0.240. The lowest BCUT2D eigenvalue weighted by molar-refractivity contribution is 0.155. The van der Waals surface area contributed by atoms with Crippen molar-refractivity contribution in [2.24, 2.45) is 4.99 Å². The Bertz CT molecular complexity index is 570. The van der Waals surface area contributed by atoms with E-state index in [-0.39, 0.29) is 6.10 Å². The number of rotatable bonds is 5. The zero-order chi connectivity index (χ0) is 17.5. The highest BCUT2D eigenvalue weighted by Crippen LogP contribution is 2.24. The molecule has 0 amide bonds. The van der Waals surface area contributed by atoms with Crippen molar-refractivity contribution in [3.05, 3.63) is 29.8 Å². The molecular weight excluding hydrogens is 314 g/mol. The molecule has 2 N–H and O–H groups in total. The van der Waals surface area contributed by atoms with Crippen molar-refractivity contribution in [1.29, 1.82) is 0 Å². The normalized spacial score (nSPS) is 22.2. The largest absolute Gasteiger partial charge is 0.490 e. The van der Waals surface area contributed by atoms with Crippen LogP contribution in [-0.2, 0) is 6.54 Å². The molecule has 1 aliphatic heterocycles. The number of aliphatic imine (C=N–C) groups is 1. The van der Waals surface area contributed by atoms with Gasteiger partial charge in [-0.3, -0.25) is 0 Å². The number of hydrogen-bond donors (Lipinski definition) is 2. The zero-order valence-electron chi connectivity index (χ0n) is 15.3. The first-order valence-corrected chi connectivity index (χ1v) is 9.71. The van der Waals surface area contributed by atoms with Crippen LogP contribution >= 0.6 is 0 Å². The van der Waals surface area contributed by atoms with Crippen LogP contribution in [-0.4, -0.2) is 47.8 Å². The molecule has 2 fully saturated rings. The maximum absolute atomic E-state index is 9.75. The molecule has 0 spiro atoms. The van der Waals surface area contributed by atoms with Gasteiger partial charge < -0.3 is 20.1 Å². The van der Waals surface area contributed by atoms with Crippen LogP contribution in [0.25, 0.3) is 0 Å². The molecule has 1 saturated heterocycles. The van der Waals surface area contributed by atoms with E-state index in [0.717, 1.165) is 36.8 Å². The summed E-state index contributed by atoms with van der Waals surface area (Å²) in [5.74, 6) is 1.85. The highest BCUT2D eigenvalue weighted by molar-refractivity contribution is 5.80. The highest BCUT2D eigenvalue weighted by atomic mass is 16.5. The first kappa shape index (κ1) is 18.1. The number of hydrogen-bond acceptors (Lipinski definition) is 3. The van der Waals surface area contributed by atoms with E-state index in [2.05, 4.69) is 35.3 Å². The van der Waals surface area contributed by atoms with Gasteiger partial charge in [-0.15, -0.1) is 0 Å². The Balaban J connectivity index is 1.61. The average Bonchev–Trinajstić information content (AvgIpc) is 3.06. The van der Waals surface area contributed by atoms with Crippen molar-refractivity contribution in [1.82, 2.24) is 10.2 Å². The second-order valence-electron chi connectivity index (χ2n) is 7.08. The summed E-state index contributed by atoms with van der Waals surface area (Å²) in [5.41, 5.74) is 1.16. The van der Waals surface area contributed by atoms with Crippen molar-refractivity contribution in [2.75, 3.05) is 19.6 Å². The fourth-order valence-electron chi connectivity index (χ4n) is 3.62. The Morgan fingerprint density at radius 3 is 2.84 bits per heavy atom. The summed E-state index contributed by atoms with van der Waals surface area (Å²) in [5, 5.41) is 13.1. The number of nitrogens with one attached hydrogen (secondary N) is 1. The molecule has 0 unspecified atom stereocenters. The van der Waals surface area contributed by atoms with Crippen LogP contribution in [0.15, 0.2) is 29.3 Å². The molecule has 5 nitrogen and oxygen atoms in total. The minimum atomic E-state index is -0.240. The first-order valence-electron chi connectivity index (χ1n) is 9.71. The number of ether oxygens (including phenoxy) is 1. The van der Waals surface area contributed by atoms with E-state index in [1.807, 2.05) is 6.07 Å². The summed E-state index contributed by atoms with van der Waals surface area (Å²) in [6.07, 6.45) is 7.19. The second kappa shape index (κ2) is 9.09. The summed E-state index contributed by atoms with van der Waals surface area (Å²) in [4.78, 5) is 6.89. The molecule has 0 bridgehead atoms. The van der Waals surface area contributed by atoms with Crippen LogP contribution in [0.1, 0.15) is 51.0 Å². The van der Waals surface area contributed by atoms with Crippen molar-refractivity contribution < 1.29 is 9.84 Å². The fraction of sp³-hybridized carbons (Fsp3) is 0.650. The molecule has 1 atom stereocenters. The lowest BCUT2D eigenvalue weighted by Crippen LogP contribution is -2.40. The third-order valence-electron chi connectivity index (χ3n) is 4.96. The van der Waals surface area contributed by atoms with Crippen molar-refractivity contribution in [3.63, 3.8) is 0 Å². The van der Waals surface area contributed by atoms with Crippen LogP contribution in [0.2, 0.25) is 0 Å². The van der Waals surface area contributed by atoms with Crippen molar-refractivity contribution in [3.8, 4) is 5.75 Å². The molecule has 1 aromatic rings. The van der Waals surface area contributed by atoms with Gasteiger partial charge in [-0.2, -0.15) is 0 Å². The Kier molecular flexibility index (Phi) is 6.56. The topological polar surface area (TPSA) is 57.1 Å². The Morgan fingerprint density at radius 1 is 1.28 bits per heavy atom. The predicted octanol–water partition coefficient (Wildman–Crippen LogP) is 2.93. The lowest BCUT2D eigenvalue weighted by Gasteiger charge is -2.23. The Morgan fingerprint density at radius 2 is 2.12 bits per heavy atom. The smallest absolute Gasteiger partial charge is 0.194 e. The molecule has 1 aromatic carbocycles. The van der Waals surface area contributed by atoms with E-state index in [0.29, 0.717) is 19.2 Å². The van der Waals surface area contributed by atoms with Gasteiger partial charge in [0.05, 0.1) is 18.8 Å². The SMILES string of the molecule is CCNC(=NCc1cccc(OC2CCCCC2)c1)N1CC[C@@H](O)C1. The molecule has 1 heterocycles. The van der Waals surface area contributed by atoms with Crippen LogP contribution in [0.5, 0.6) is 5.75 Å². The van der Waals surface area contributed by atoms with E-state index in [4.69, 9.17) is 9.73 Å². The van der Waals surface area contributed by atoms with E-state index in [9.17, 15) is 5.11 Å². The molecule has 5 heteroatoms. The molecule has 3 rings (SSSR count). The van der Waals surface area contributed by atoms with Gasteiger partial charge in [0.25, 0.3) is 0 Å². The standard InChI is InChI=1S/C20H31N3O2/c1-2-21-20(23-12-11-17(24)15-23)22-14-16-7-6-10-19(13-16)25-18-8-4-3-5-9-18/h6-7,10,13,17-18,24H,2-5,8-9,11-12,14-15H2,1H3,(H,21,22)/t17-/m1/s1. The van der Waals surface area contributed by atoms with Gasteiger partial charge in [0, 0.05) is 19.6 Å². The van der Waals surface area contributed by atoms with Gasteiger partial charge >= 0.3 is 0 Å². The van der Waals surface area contributed by atoms with E-state index in [1.54, 1.807) is 0 Å². The number of aliphatic hydroxyl groups is 1. The molecule has 2 aliphatic rings. The first-order chi connectivity index (χ1) is 12.2. The molecule has 1 aliphatic carbocycles. The summed E-state index contributed by atoms with van der Waals surface area (Å²) in [6.45, 7) is 5.04. The van der Waals surface area contributed by atoms with Gasteiger partial charge in [-0.05, 0) is 56.7 Å². The number of benzene rings is 1. The monoisotopic (exact) mass is 345 g/mol. The van der Waals surface area contributed by atoms with Gasteiger partial charge in [-0.1, -0.05) is 18.6 Å². The summed E-state index contributed by atoms with van der Waals surface area (Å²) >= 11 is 0. The average molecular weight is 345 g/mol. The van der Waals surface area contributed by atoms with E-state index < -0.39 is 0 Å². The predicted molar refractivity (Wildman–Crippen MR) is 101 cm³/mol. The van der Waals surface area contributed by atoms with Gasteiger partial charge in [0.15, 0.2) is 5.96 Å². The molecule has 1 saturated carbocycles. The second-order valence-corrected chi connectivity index (χ2v) is 7.08. The number of β-amino-alcohol motifs (C(OH)–C–C–N with tert-alkyl or cyclic N) is 1. The maximum Gasteiger partial charge on any atom is 0.194 e. The number of aliphatic hydroxyl groups excluding tert-OH is 1. The molecule has 0 radical (unpaired) electrons. The molecule has 0 aromatic heterocycles. The summed E-state index contributed by atoms with van der Waals surface area (Å²) in [7, 11) is 0. The number of guanidine groups is 1. The van der Waals surface area contributed by atoms with Crippen molar-refractivity contribution in [2.45, 2.75) is 64.2 Å². The number of likely N-dealkylation sites (tertiary alicyclic amines) is 1. The van der Waals surface area contributed by atoms with Gasteiger partial charge in [-0.25, -0.2) is 4.99 Å². The van der Waals surface area contributed by atoms with E-state index >= 15 is 0 Å². The number of nitrogens with zero attached hydrogens (tertiary/aromatic N) is 2. The zero-order valence-corrected chi connectivity index (χ0v) is 15.3. The van der Waals surface area contributed by atoms with Crippen LogP contribution in [0.3, 0.4) is 0 Å². The van der Waals surface area contributed by atoms with Gasteiger partial charge in [0.2, 0.25) is 0 Å². The Labute approximate surface area is 151 Å². The third kappa shape index (κ3) is 5.36.